The van der Waals surface area contributed by atoms with Crippen molar-refractivity contribution in [2.75, 3.05) is 27.4 Å². The summed E-state index contributed by atoms with van der Waals surface area (Å²) in [4.78, 5) is 43.3. The Bertz CT molecular complexity index is 1640. The molecule has 12 nitrogen and oxygen atoms in total. The van der Waals surface area contributed by atoms with E-state index in [4.69, 9.17) is 34.5 Å². The Morgan fingerprint density at radius 1 is 0.976 bits per heavy atom. The molecule has 0 aliphatic rings. The van der Waals surface area contributed by atoms with Crippen molar-refractivity contribution in [2.24, 2.45) is 5.73 Å². The van der Waals surface area contributed by atoms with Gasteiger partial charge in [-0.2, -0.15) is 0 Å². The third-order valence-electron chi connectivity index (χ3n) is 6.38. The van der Waals surface area contributed by atoms with Gasteiger partial charge in [0.15, 0.2) is 0 Å². The lowest BCUT2D eigenvalue weighted by Gasteiger charge is -2.15. The van der Waals surface area contributed by atoms with Crippen molar-refractivity contribution < 1.29 is 38.4 Å². The smallest absolute Gasteiger partial charge is 0.497 e. The largest absolute Gasteiger partial charge is 0.513 e. The van der Waals surface area contributed by atoms with E-state index in [2.05, 4.69) is 9.97 Å². The highest BCUT2D eigenvalue weighted by Crippen LogP contribution is 2.31. The number of rotatable bonds is 11. The molecule has 1 unspecified atom stereocenters. The van der Waals surface area contributed by atoms with Crippen LogP contribution in [-0.2, 0) is 16.0 Å². The highest BCUT2D eigenvalue weighted by Gasteiger charge is 2.16. The van der Waals surface area contributed by atoms with Crippen LogP contribution in [0.3, 0.4) is 0 Å². The average molecular weight is 578 g/mol. The molecule has 4 N–H and O–H groups in total. The minimum atomic E-state index is -1.09. The Morgan fingerprint density at radius 3 is 2.29 bits per heavy atom. The zero-order valence-corrected chi connectivity index (χ0v) is 23.6. The van der Waals surface area contributed by atoms with Crippen LogP contribution in [0, 0.1) is 13.8 Å². The zero-order valence-electron chi connectivity index (χ0n) is 23.6. The number of benzene rings is 3. The number of methoxy groups -OCH3 is 2. The molecule has 0 aliphatic carbocycles. The summed E-state index contributed by atoms with van der Waals surface area (Å²) in [7, 11) is 3.00. The Morgan fingerprint density at radius 2 is 1.67 bits per heavy atom. The number of nitrogens with one attached hydrogen (secondary N) is 1. The SMILES string of the molecule is COc1cc(OC)c2c(=O)[nH]c(-c3cc(C)c(OCCOC(=O)Oc4ccc(CC(N)C(=O)O)cc4)c(C)c3)nc2c1. The molecule has 0 bridgehead atoms. The van der Waals surface area contributed by atoms with Gasteiger partial charge in [-0.25, -0.2) is 9.78 Å². The van der Waals surface area contributed by atoms with Crippen LogP contribution in [0.5, 0.6) is 23.0 Å². The zero-order chi connectivity index (χ0) is 30.4. The molecule has 0 radical (unpaired) electrons. The molecular weight excluding hydrogens is 546 g/mol. The van der Waals surface area contributed by atoms with Crippen molar-refractivity contribution in [3.63, 3.8) is 0 Å². The van der Waals surface area contributed by atoms with Crippen molar-refractivity contribution in [3.05, 3.63) is 75.6 Å². The van der Waals surface area contributed by atoms with E-state index in [9.17, 15) is 14.4 Å². The van der Waals surface area contributed by atoms with Gasteiger partial charge in [0.25, 0.3) is 5.56 Å². The predicted octanol–water partition coefficient (Wildman–Crippen LogP) is 3.77. The second kappa shape index (κ2) is 13.0. The van der Waals surface area contributed by atoms with Gasteiger partial charge in [-0.05, 0) is 61.2 Å². The van der Waals surface area contributed by atoms with Crippen LogP contribution in [0.15, 0.2) is 53.3 Å². The number of aliphatic carboxylic acids is 1. The summed E-state index contributed by atoms with van der Waals surface area (Å²) < 4.78 is 26.8. The van der Waals surface area contributed by atoms with Crippen LogP contribution in [0.2, 0.25) is 0 Å². The normalized spacial score (nSPS) is 11.5. The summed E-state index contributed by atoms with van der Waals surface area (Å²) in [5.74, 6) is 1.02. The van der Waals surface area contributed by atoms with E-state index in [0.29, 0.717) is 45.1 Å². The van der Waals surface area contributed by atoms with Gasteiger partial charge in [0.2, 0.25) is 0 Å². The number of aromatic amines is 1. The number of nitrogens with zero attached hydrogens (tertiary/aromatic N) is 1. The number of aromatic nitrogens is 2. The Hall–Kier alpha value is -5.10. The predicted molar refractivity (Wildman–Crippen MR) is 154 cm³/mol. The van der Waals surface area contributed by atoms with Gasteiger partial charge in [-0.3, -0.25) is 9.59 Å². The fourth-order valence-corrected chi connectivity index (χ4v) is 4.37. The highest BCUT2D eigenvalue weighted by molar-refractivity contribution is 5.87. The molecule has 42 heavy (non-hydrogen) atoms. The maximum atomic E-state index is 12.9. The Labute approximate surface area is 241 Å². The van der Waals surface area contributed by atoms with Gasteiger partial charge < -0.3 is 39.5 Å². The van der Waals surface area contributed by atoms with Crippen LogP contribution >= 0.6 is 0 Å². The molecule has 220 valence electrons. The van der Waals surface area contributed by atoms with Gasteiger partial charge in [-0.15, -0.1) is 0 Å². The van der Waals surface area contributed by atoms with Crippen LogP contribution in [-0.4, -0.2) is 60.7 Å². The Kier molecular flexibility index (Phi) is 9.28. The monoisotopic (exact) mass is 577 g/mol. The number of aryl methyl sites for hydroxylation is 2. The molecule has 12 heteroatoms. The van der Waals surface area contributed by atoms with Gasteiger partial charge in [0, 0.05) is 17.7 Å². The lowest BCUT2D eigenvalue weighted by molar-refractivity contribution is -0.138. The third-order valence-corrected chi connectivity index (χ3v) is 6.38. The third kappa shape index (κ3) is 6.96. The number of nitrogens with two attached hydrogens (primary N) is 1. The summed E-state index contributed by atoms with van der Waals surface area (Å²) in [5.41, 5.74) is 8.59. The Balaban J connectivity index is 1.37. The lowest BCUT2D eigenvalue weighted by Crippen LogP contribution is -2.32. The number of hydrogen-bond donors (Lipinski definition) is 3. The van der Waals surface area contributed by atoms with E-state index in [1.54, 1.807) is 24.3 Å². The van der Waals surface area contributed by atoms with Gasteiger partial charge in [0.05, 0.1) is 19.7 Å². The highest BCUT2D eigenvalue weighted by atomic mass is 16.7. The number of carboxylic acids is 1. The van der Waals surface area contributed by atoms with Crippen molar-refractivity contribution in [3.8, 4) is 34.4 Å². The fraction of sp³-hybridized carbons (Fsp3) is 0.267. The number of H-pyrrole nitrogens is 1. The number of hydrogen-bond acceptors (Lipinski definition) is 10. The summed E-state index contributed by atoms with van der Waals surface area (Å²) in [6.45, 7) is 3.74. The molecule has 0 saturated heterocycles. The molecule has 1 atom stereocenters. The minimum Gasteiger partial charge on any atom is -0.497 e. The van der Waals surface area contributed by atoms with Crippen molar-refractivity contribution in [2.45, 2.75) is 26.3 Å². The summed E-state index contributed by atoms with van der Waals surface area (Å²) >= 11 is 0. The topological polar surface area (TPSA) is 172 Å². The van der Waals surface area contributed by atoms with Gasteiger partial charge >= 0.3 is 12.1 Å². The number of carbonyl (C=O) groups excluding carboxylic acids is 1. The molecule has 1 heterocycles. The van der Waals surface area contributed by atoms with Crippen molar-refractivity contribution in [1.29, 1.82) is 0 Å². The first-order chi connectivity index (χ1) is 20.1. The second-order valence-electron chi connectivity index (χ2n) is 9.42. The number of fused-ring (bicyclic) bond motifs is 1. The van der Waals surface area contributed by atoms with Gasteiger partial charge in [0.1, 0.15) is 53.5 Å². The van der Waals surface area contributed by atoms with Crippen LogP contribution in [0.25, 0.3) is 22.3 Å². The molecule has 0 amide bonds. The molecule has 0 saturated carbocycles. The fourth-order valence-electron chi connectivity index (χ4n) is 4.37. The maximum absolute atomic E-state index is 12.9. The molecule has 0 spiro atoms. The van der Waals surface area contributed by atoms with E-state index < -0.39 is 18.2 Å². The first-order valence-electron chi connectivity index (χ1n) is 12.9. The summed E-state index contributed by atoms with van der Waals surface area (Å²) in [5, 5.41) is 9.24. The quantitative estimate of drug-likeness (QED) is 0.135. The summed E-state index contributed by atoms with van der Waals surface area (Å²) in [6, 6.07) is 12.3. The molecule has 4 aromatic rings. The summed E-state index contributed by atoms with van der Waals surface area (Å²) in [6.07, 6.45) is -0.754. The van der Waals surface area contributed by atoms with E-state index in [0.717, 1.165) is 11.1 Å². The lowest BCUT2D eigenvalue weighted by atomic mass is 10.0. The second-order valence-corrected chi connectivity index (χ2v) is 9.42. The maximum Gasteiger partial charge on any atom is 0.513 e. The molecule has 4 rings (SSSR count). The number of carboxylic acid groups (broad SMARTS) is 1. The molecule has 3 aromatic carbocycles. The minimum absolute atomic E-state index is 0.0613. The van der Waals surface area contributed by atoms with E-state index in [-0.39, 0.29) is 30.9 Å². The van der Waals surface area contributed by atoms with Gasteiger partial charge in [-0.1, -0.05) is 12.1 Å². The number of carbonyl (C=O) groups is 2. The molecule has 0 fully saturated rings. The van der Waals surface area contributed by atoms with E-state index >= 15 is 0 Å². The first-order valence-corrected chi connectivity index (χ1v) is 12.9. The standard InChI is InChI=1S/C30H31N3O9/c1-16-11-19(27-32-23-14-21(38-3)15-24(39-4)25(23)28(34)33-27)12-17(2)26(16)40-9-10-41-30(37)42-20-7-5-18(6-8-20)13-22(31)29(35)36/h5-8,11-12,14-15,22H,9-10,13,31H2,1-4H3,(H,35,36)(H,32,33,34). The molecule has 1 aromatic heterocycles. The van der Waals surface area contributed by atoms with Crippen LogP contribution < -0.4 is 30.2 Å². The van der Waals surface area contributed by atoms with E-state index in [1.165, 1.54) is 26.4 Å². The van der Waals surface area contributed by atoms with Crippen LogP contribution in [0.4, 0.5) is 4.79 Å². The first kappa shape index (κ1) is 29.9. The number of ether oxygens (including phenoxy) is 5. The van der Waals surface area contributed by atoms with E-state index in [1.807, 2.05) is 26.0 Å². The van der Waals surface area contributed by atoms with Crippen molar-refractivity contribution in [1.82, 2.24) is 9.97 Å². The molecule has 0 aliphatic heterocycles. The molecular formula is C30H31N3O9. The van der Waals surface area contributed by atoms with Crippen molar-refractivity contribution >= 4 is 23.0 Å². The van der Waals surface area contributed by atoms with Crippen LogP contribution in [0.1, 0.15) is 16.7 Å². The average Bonchev–Trinajstić information content (AvgIpc) is 2.96.